The minimum Gasteiger partial charge on any atom is -0.381 e. The van der Waals surface area contributed by atoms with Gasteiger partial charge in [0.1, 0.15) is 0 Å². The lowest BCUT2D eigenvalue weighted by Crippen LogP contribution is -2.27. The molecule has 2 aromatic heterocycles. The number of aromatic nitrogens is 3. The number of nitrogens with one attached hydrogen (secondary N) is 1. The Morgan fingerprint density at radius 1 is 1.35 bits per heavy atom. The standard InChI is InChI=1S/C16H22N4/c1-2-13-5-3-6-14(11-13)19-15-7-8-16(17-12-15)20-10-4-9-18-20/h4,7-10,12-14,19H,2-3,5-6,11H2,1H3. The molecule has 0 aliphatic heterocycles. The van der Waals surface area contributed by atoms with Crippen LogP contribution in [0.4, 0.5) is 5.69 Å². The van der Waals surface area contributed by atoms with Gasteiger partial charge in [-0.25, -0.2) is 9.67 Å². The summed E-state index contributed by atoms with van der Waals surface area (Å²) in [7, 11) is 0. The van der Waals surface area contributed by atoms with Gasteiger partial charge >= 0.3 is 0 Å². The fourth-order valence-corrected chi connectivity index (χ4v) is 3.04. The van der Waals surface area contributed by atoms with E-state index < -0.39 is 0 Å². The molecule has 2 atom stereocenters. The molecule has 1 aliphatic carbocycles. The van der Waals surface area contributed by atoms with Crippen molar-refractivity contribution < 1.29 is 0 Å². The molecule has 1 fully saturated rings. The van der Waals surface area contributed by atoms with Gasteiger partial charge in [0.15, 0.2) is 5.82 Å². The summed E-state index contributed by atoms with van der Waals surface area (Å²) >= 11 is 0. The third kappa shape index (κ3) is 3.00. The summed E-state index contributed by atoms with van der Waals surface area (Å²) in [6.07, 6.45) is 12.2. The zero-order valence-corrected chi connectivity index (χ0v) is 12.0. The highest BCUT2D eigenvalue weighted by molar-refractivity contribution is 5.44. The molecule has 0 aromatic carbocycles. The molecule has 0 spiro atoms. The van der Waals surface area contributed by atoms with Gasteiger partial charge in [-0.1, -0.05) is 26.2 Å². The van der Waals surface area contributed by atoms with Crippen molar-refractivity contribution in [2.75, 3.05) is 5.32 Å². The highest BCUT2D eigenvalue weighted by Crippen LogP contribution is 2.28. The highest BCUT2D eigenvalue weighted by atomic mass is 15.3. The summed E-state index contributed by atoms with van der Waals surface area (Å²) in [4.78, 5) is 4.46. The lowest BCUT2D eigenvalue weighted by Gasteiger charge is -2.29. The van der Waals surface area contributed by atoms with E-state index in [0.29, 0.717) is 6.04 Å². The molecule has 1 saturated carbocycles. The first-order valence-corrected chi connectivity index (χ1v) is 7.57. The second-order valence-electron chi connectivity index (χ2n) is 5.64. The van der Waals surface area contributed by atoms with E-state index in [1.165, 1.54) is 32.1 Å². The minimum atomic E-state index is 0.603. The molecule has 106 valence electrons. The van der Waals surface area contributed by atoms with Crippen LogP contribution in [0, 0.1) is 5.92 Å². The van der Waals surface area contributed by atoms with Crippen LogP contribution in [0.1, 0.15) is 39.0 Å². The zero-order valence-electron chi connectivity index (χ0n) is 12.0. The van der Waals surface area contributed by atoms with Gasteiger partial charge in [-0.15, -0.1) is 0 Å². The molecule has 4 nitrogen and oxygen atoms in total. The van der Waals surface area contributed by atoms with Crippen molar-refractivity contribution in [1.82, 2.24) is 14.8 Å². The Hall–Kier alpha value is -1.84. The molecule has 2 unspecified atom stereocenters. The Morgan fingerprint density at radius 2 is 2.30 bits per heavy atom. The van der Waals surface area contributed by atoms with E-state index >= 15 is 0 Å². The number of hydrogen-bond acceptors (Lipinski definition) is 3. The maximum Gasteiger partial charge on any atom is 0.153 e. The molecule has 4 heteroatoms. The first kappa shape index (κ1) is 13.2. The van der Waals surface area contributed by atoms with E-state index in [1.807, 2.05) is 24.5 Å². The first-order valence-electron chi connectivity index (χ1n) is 7.57. The number of anilines is 1. The van der Waals surface area contributed by atoms with E-state index in [2.05, 4.69) is 28.4 Å². The average molecular weight is 270 g/mol. The SMILES string of the molecule is CCC1CCCC(Nc2ccc(-n3cccn3)nc2)C1. The monoisotopic (exact) mass is 270 g/mol. The molecule has 20 heavy (non-hydrogen) atoms. The smallest absolute Gasteiger partial charge is 0.153 e. The Bertz CT molecular complexity index is 518. The average Bonchev–Trinajstić information content (AvgIpc) is 3.02. The second kappa shape index (κ2) is 6.07. The van der Waals surface area contributed by atoms with Crippen LogP contribution in [0.5, 0.6) is 0 Å². The summed E-state index contributed by atoms with van der Waals surface area (Å²) in [5.74, 6) is 1.74. The van der Waals surface area contributed by atoms with Crippen LogP contribution in [0.15, 0.2) is 36.8 Å². The predicted molar refractivity (Wildman–Crippen MR) is 81.0 cm³/mol. The van der Waals surface area contributed by atoms with E-state index in [-0.39, 0.29) is 0 Å². The normalized spacial score (nSPS) is 22.6. The van der Waals surface area contributed by atoms with Crippen LogP contribution in [0.2, 0.25) is 0 Å². The van der Waals surface area contributed by atoms with Gasteiger partial charge in [0.05, 0.1) is 11.9 Å². The Morgan fingerprint density at radius 3 is 3.00 bits per heavy atom. The molecule has 3 rings (SSSR count). The molecule has 0 amide bonds. The quantitative estimate of drug-likeness (QED) is 0.922. The lowest BCUT2D eigenvalue weighted by atomic mass is 9.84. The number of pyridine rings is 1. The van der Waals surface area contributed by atoms with Crippen molar-refractivity contribution in [3.05, 3.63) is 36.8 Å². The Labute approximate surface area is 120 Å². The van der Waals surface area contributed by atoms with Crippen molar-refractivity contribution in [1.29, 1.82) is 0 Å². The van der Waals surface area contributed by atoms with E-state index in [9.17, 15) is 0 Å². The van der Waals surface area contributed by atoms with Crippen LogP contribution in [-0.4, -0.2) is 20.8 Å². The fourth-order valence-electron chi connectivity index (χ4n) is 3.04. The van der Waals surface area contributed by atoms with Gasteiger partial charge in [0.2, 0.25) is 0 Å². The summed E-state index contributed by atoms with van der Waals surface area (Å²) in [6, 6.07) is 6.61. The van der Waals surface area contributed by atoms with Crippen molar-refractivity contribution in [2.45, 2.75) is 45.1 Å². The molecule has 1 N–H and O–H groups in total. The van der Waals surface area contributed by atoms with Gasteiger partial charge in [-0.2, -0.15) is 5.10 Å². The predicted octanol–water partition coefficient (Wildman–Crippen LogP) is 3.65. The molecule has 2 aromatic rings. The van der Waals surface area contributed by atoms with E-state index in [4.69, 9.17) is 0 Å². The topological polar surface area (TPSA) is 42.7 Å². The third-order valence-corrected chi connectivity index (χ3v) is 4.22. The van der Waals surface area contributed by atoms with E-state index in [0.717, 1.165) is 17.4 Å². The van der Waals surface area contributed by atoms with E-state index in [1.54, 1.807) is 10.9 Å². The first-order chi connectivity index (χ1) is 9.85. The second-order valence-corrected chi connectivity index (χ2v) is 5.64. The molecule has 0 saturated heterocycles. The minimum absolute atomic E-state index is 0.603. The summed E-state index contributed by atoms with van der Waals surface area (Å²) in [5, 5.41) is 7.81. The van der Waals surface area contributed by atoms with Crippen molar-refractivity contribution >= 4 is 5.69 Å². The van der Waals surface area contributed by atoms with Crippen LogP contribution in [0.3, 0.4) is 0 Å². The zero-order chi connectivity index (χ0) is 13.8. The fraction of sp³-hybridized carbons (Fsp3) is 0.500. The summed E-state index contributed by atoms with van der Waals surface area (Å²) < 4.78 is 1.78. The third-order valence-electron chi connectivity index (χ3n) is 4.22. The van der Waals surface area contributed by atoms with Crippen LogP contribution in [0.25, 0.3) is 5.82 Å². The lowest BCUT2D eigenvalue weighted by molar-refractivity contribution is 0.327. The summed E-state index contributed by atoms with van der Waals surface area (Å²) in [5.41, 5.74) is 1.11. The largest absolute Gasteiger partial charge is 0.381 e. The molecule has 1 aliphatic rings. The van der Waals surface area contributed by atoms with Gasteiger partial charge in [0.25, 0.3) is 0 Å². The number of hydrogen-bond donors (Lipinski definition) is 1. The number of rotatable bonds is 4. The summed E-state index contributed by atoms with van der Waals surface area (Å²) in [6.45, 7) is 2.30. The van der Waals surface area contributed by atoms with Crippen LogP contribution in [-0.2, 0) is 0 Å². The van der Waals surface area contributed by atoms with Crippen LogP contribution >= 0.6 is 0 Å². The molecular formula is C16H22N4. The maximum absolute atomic E-state index is 4.46. The van der Waals surface area contributed by atoms with Gasteiger partial charge < -0.3 is 5.32 Å². The van der Waals surface area contributed by atoms with Gasteiger partial charge in [-0.05, 0) is 37.0 Å². The van der Waals surface area contributed by atoms with Crippen molar-refractivity contribution in [3.8, 4) is 5.82 Å². The Kier molecular flexibility index (Phi) is 4.00. The molecular weight excluding hydrogens is 248 g/mol. The maximum atomic E-state index is 4.46. The molecule has 2 heterocycles. The van der Waals surface area contributed by atoms with Crippen LogP contribution < -0.4 is 5.32 Å². The van der Waals surface area contributed by atoms with Gasteiger partial charge in [-0.3, -0.25) is 0 Å². The highest BCUT2D eigenvalue weighted by Gasteiger charge is 2.20. The van der Waals surface area contributed by atoms with Crippen molar-refractivity contribution in [3.63, 3.8) is 0 Å². The van der Waals surface area contributed by atoms with Crippen molar-refractivity contribution in [2.24, 2.45) is 5.92 Å². The molecule has 0 bridgehead atoms. The number of nitrogens with zero attached hydrogens (tertiary/aromatic N) is 3. The Balaban J connectivity index is 1.63. The van der Waals surface area contributed by atoms with Gasteiger partial charge in [0, 0.05) is 18.4 Å². The molecule has 0 radical (unpaired) electrons.